The van der Waals surface area contributed by atoms with Crippen molar-refractivity contribution in [3.05, 3.63) is 65.5 Å². The molecule has 1 atom stereocenters. The molecule has 142 valence electrons. The van der Waals surface area contributed by atoms with Crippen LogP contribution in [0.3, 0.4) is 0 Å². The van der Waals surface area contributed by atoms with E-state index in [9.17, 15) is 18.0 Å². The van der Waals surface area contributed by atoms with Crippen molar-refractivity contribution in [1.29, 1.82) is 0 Å². The van der Waals surface area contributed by atoms with Gasteiger partial charge in [0, 0.05) is 0 Å². The van der Waals surface area contributed by atoms with Gasteiger partial charge < -0.3 is 9.88 Å². The number of hydrogen-bond donors (Lipinski definition) is 1. The lowest BCUT2D eigenvalue weighted by Crippen LogP contribution is -2.31. The number of nitrogens with zero attached hydrogens (tertiary/aromatic N) is 2. The van der Waals surface area contributed by atoms with Crippen LogP contribution >= 0.6 is 0 Å². The van der Waals surface area contributed by atoms with Crippen molar-refractivity contribution in [3.63, 3.8) is 0 Å². The Labute approximate surface area is 155 Å². The first kappa shape index (κ1) is 18.9. The van der Waals surface area contributed by atoms with Crippen LogP contribution in [0.2, 0.25) is 0 Å². The molecule has 1 aromatic heterocycles. The van der Waals surface area contributed by atoms with E-state index in [1.807, 2.05) is 31.2 Å². The van der Waals surface area contributed by atoms with Crippen LogP contribution in [0.5, 0.6) is 0 Å². The number of hydrogen-bond acceptors (Lipinski definition) is 2. The molecule has 0 radical (unpaired) electrons. The molecule has 0 aliphatic heterocycles. The molecule has 0 saturated carbocycles. The number of alkyl halides is 3. The SMILES string of the molecule is CCc1ccc(C(C)NC(=O)Cn2c(C(F)(F)F)nc3ccccc32)cc1. The Morgan fingerprint density at radius 1 is 1.15 bits per heavy atom. The summed E-state index contributed by atoms with van der Waals surface area (Å²) in [7, 11) is 0. The maximum absolute atomic E-state index is 13.3. The number of aromatic nitrogens is 2. The maximum atomic E-state index is 13.3. The van der Waals surface area contributed by atoms with Crippen LogP contribution in [0.15, 0.2) is 48.5 Å². The summed E-state index contributed by atoms with van der Waals surface area (Å²) in [6, 6.07) is 13.7. The van der Waals surface area contributed by atoms with Gasteiger partial charge in [-0.3, -0.25) is 4.79 Å². The van der Waals surface area contributed by atoms with Crippen molar-refractivity contribution in [2.75, 3.05) is 0 Å². The summed E-state index contributed by atoms with van der Waals surface area (Å²) in [5.41, 5.74) is 2.56. The van der Waals surface area contributed by atoms with Gasteiger partial charge in [-0.2, -0.15) is 13.2 Å². The summed E-state index contributed by atoms with van der Waals surface area (Å²) in [4.78, 5) is 16.1. The van der Waals surface area contributed by atoms with E-state index in [4.69, 9.17) is 0 Å². The lowest BCUT2D eigenvalue weighted by Gasteiger charge is -2.16. The topological polar surface area (TPSA) is 46.9 Å². The van der Waals surface area contributed by atoms with E-state index in [0.29, 0.717) is 0 Å². The van der Waals surface area contributed by atoms with Crippen LogP contribution in [-0.2, 0) is 23.9 Å². The summed E-state index contributed by atoms with van der Waals surface area (Å²) >= 11 is 0. The van der Waals surface area contributed by atoms with Crippen LogP contribution in [0.25, 0.3) is 11.0 Å². The van der Waals surface area contributed by atoms with Gasteiger partial charge in [0.2, 0.25) is 11.7 Å². The predicted molar refractivity (Wildman–Crippen MR) is 97.1 cm³/mol. The number of benzene rings is 2. The molecule has 3 aromatic rings. The summed E-state index contributed by atoms with van der Waals surface area (Å²) in [6.07, 6.45) is -3.73. The molecule has 0 aliphatic carbocycles. The molecule has 1 heterocycles. The maximum Gasteiger partial charge on any atom is 0.449 e. The van der Waals surface area contributed by atoms with E-state index in [2.05, 4.69) is 10.3 Å². The summed E-state index contributed by atoms with van der Waals surface area (Å²) < 4.78 is 40.9. The third-order valence-electron chi connectivity index (χ3n) is 4.48. The van der Waals surface area contributed by atoms with Crippen LogP contribution in [-0.4, -0.2) is 15.5 Å². The van der Waals surface area contributed by atoms with E-state index in [1.54, 1.807) is 19.1 Å². The minimum absolute atomic E-state index is 0.209. The van der Waals surface area contributed by atoms with E-state index in [0.717, 1.165) is 16.6 Å². The van der Waals surface area contributed by atoms with Gasteiger partial charge >= 0.3 is 6.18 Å². The van der Waals surface area contributed by atoms with E-state index in [1.165, 1.54) is 17.7 Å². The molecule has 0 spiro atoms. The fraction of sp³-hybridized carbons (Fsp3) is 0.300. The highest BCUT2D eigenvalue weighted by molar-refractivity contribution is 5.81. The first-order chi connectivity index (χ1) is 12.8. The average molecular weight is 375 g/mol. The fourth-order valence-electron chi connectivity index (χ4n) is 3.01. The second-order valence-corrected chi connectivity index (χ2v) is 6.39. The van der Waals surface area contributed by atoms with Crippen molar-refractivity contribution < 1.29 is 18.0 Å². The standard InChI is InChI=1S/C20H20F3N3O/c1-3-14-8-10-15(11-9-14)13(2)24-18(27)12-26-17-7-5-4-6-16(17)25-19(26)20(21,22)23/h4-11,13H,3,12H2,1-2H3,(H,24,27). The number of para-hydroxylation sites is 2. The Hall–Kier alpha value is -2.83. The lowest BCUT2D eigenvalue weighted by atomic mass is 10.1. The minimum atomic E-state index is -4.64. The summed E-state index contributed by atoms with van der Waals surface area (Å²) in [5.74, 6) is -1.57. The Morgan fingerprint density at radius 2 is 1.81 bits per heavy atom. The second kappa shape index (κ2) is 7.42. The zero-order chi connectivity index (χ0) is 19.6. The molecule has 0 bridgehead atoms. The molecule has 27 heavy (non-hydrogen) atoms. The van der Waals surface area contributed by atoms with Crippen LogP contribution in [0.1, 0.15) is 36.8 Å². The van der Waals surface area contributed by atoms with Gasteiger partial charge in [-0.25, -0.2) is 4.98 Å². The molecule has 0 fully saturated rings. The number of fused-ring (bicyclic) bond motifs is 1. The van der Waals surface area contributed by atoms with Crippen molar-refractivity contribution in [2.45, 2.75) is 39.0 Å². The largest absolute Gasteiger partial charge is 0.449 e. The third-order valence-corrected chi connectivity index (χ3v) is 4.48. The Kier molecular flexibility index (Phi) is 5.21. The number of carbonyl (C=O) groups is 1. The zero-order valence-electron chi connectivity index (χ0n) is 15.0. The monoisotopic (exact) mass is 375 g/mol. The number of imidazole rings is 1. The number of carbonyl (C=O) groups excluding carboxylic acids is 1. The normalized spacial score (nSPS) is 12.9. The third kappa shape index (κ3) is 4.13. The molecule has 4 nitrogen and oxygen atoms in total. The minimum Gasteiger partial charge on any atom is -0.348 e. The summed E-state index contributed by atoms with van der Waals surface area (Å²) in [6.45, 7) is 3.40. The molecule has 0 saturated heterocycles. The molecule has 0 aliphatic rings. The van der Waals surface area contributed by atoms with Crippen molar-refractivity contribution in [1.82, 2.24) is 14.9 Å². The Morgan fingerprint density at radius 3 is 2.44 bits per heavy atom. The molecule has 2 aromatic carbocycles. The van der Waals surface area contributed by atoms with Crippen molar-refractivity contribution in [3.8, 4) is 0 Å². The van der Waals surface area contributed by atoms with Gasteiger partial charge in [0.25, 0.3) is 0 Å². The molecule has 7 heteroatoms. The molecule has 1 amide bonds. The second-order valence-electron chi connectivity index (χ2n) is 6.39. The lowest BCUT2D eigenvalue weighted by molar-refractivity contribution is -0.147. The van der Waals surface area contributed by atoms with Gasteiger partial charge in [0.1, 0.15) is 6.54 Å². The Bertz CT molecular complexity index is 945. The van der Waals surface area contributed by atoms with Crippen molar-refractivity contribution in [2.24, 2.45) is 0 Å². The van der Waals surface area contributed by atoms with Gasteiger partial charge in [-0.15, -0.1) is 0 Å². The first-order valence-corrected chi connectivity index (χ1v) is 8.70. The zero-order valence-corrected chi connectivity index (χ0v) is 15.0. The predicted octanol–water partition coefficient (Wildman–Crippen LogP) is 4.49. The molecule has 1 unspecified atom stereocenters. The first-order valence-electron chi connectivity index (χ1n) is 8.70. The smallest absolute Gasteiger partial charge is 0.348 e. The van der Waals surface area contributed by atoms with E-state index < -0.39 is 24.5 Å². The highest BCUT2D eigenvalue weighted by atomic mass is 19.4. The van der Waals surface area contributed by atoms with Gasteiger partial charge in [0.05, 0.1) is 17.1 Å². The number of aryl methyl sites for hydroxylation is 1. The number of nitrogens with one attached hydrogen (secondary N) is 1. The van der Waals surface area contributed by atoms with Crippen LogP contribution in [0, 0.1) is 0 Å². The quantitative estimate of drug-likeness (QED) is 0.714. The van der Waals surface area contributed by atoms with Gasteiger partial charge in [0.15, 0.2) is 0 Å². The average Bonchev–Trinajstić information content (AvgIpc) is 3.00. The molecule has 1 N–H and O–H groups in total. The highest BCUT2D eigenvalue weighted by Crippen LogP contribution is 2.31. The molecule has 3 rings (SSSR count). The van der Waals surface area contributed by atoms with Crippen LogP contribution < -0.4 is 5.32 Å². The fourth-order valence-corrected chi connectivity index (χ4v) is 3.01. The molecular formula is C20H20F3N3O. The summed E-state index contributed by atoms with van der Waals surface area (Å²) in [5, 5.41) is 2.76. The number of rotatable bonds is 5. The van der Waals surface area contributed by atoms with Crippen LogP contribution in [0.4, 0.5) is 13.2 Å². The highest BCUT2D eigenvalue weighted by Gasteiger charge is 2.38. The van der Waals surface area contributed by atoms with E-state index in [-0.39, 0.29) is 17.1 Å². The van der Waals surface area contributed by atoms with Gasteiger partial charge in [-0.05, 0) is 36.6 Å². The Balaban J connectivity index is 1.81. The van der Waals surface area contributed by atoms with Crippen molar-refractivity contribution >= 4 is 16.9 Å². The van der Waals surface area contributed by atoms with E-state index >= 15 is 0 Å². The molecular weight excluding hydrogens is 355 g/mol. The van der Waals surface area contributed by atoms with Gasteiger partial charge in [-0.1, -0.05) is 43.3 Å². The number of amides is 1. The number of halogens is 3.